The number of halogens is 1. The van der Waals surface area contributed by atoms with Crippen LogP contribution in [0.4, 0.5) is 0 Å². The van der Waals surface area contributed by atoms with Crippen LogP contribution in [-0.2, 0) is 0 Å². The lowest BCUT2D eigenvalue weighted by molar-refractivity contribution is 0.638. The Kier molecular flexibility index (Phi) is 2.72. The third-order valence-electron chi connectivity index (χ3n) is 3.12. The fourth-order valence-electron chi connectivity index (χ4n) is 2.11. The van der Waals surface area contributed by atoms with Crippen molar-refractivity contribution in [1.29, 1.82) is 0 Å². The van der Waals surface area contributed by atoms with Crippen molar-refractivity contribution in [1.82, 2.24) is 4.98 Å². The Morgan fingerprint density at radius 2 is 2.07 bits per heavy atom. The number of hydrogen-bond donors (Lipinski definition) is 2. The van der Waals surface area contributed by atoms with Crippen LogP contribution in [-0.4, -0.2) is 4.98 Å². The maximum absolute atomic E-state index is 6.21. The third kappa shape index (κ3) is 1.75. The summed E-state index contributed by atoms with van der Waals surface area (Å²) < 4.78 is 0. The van der Waals surface area contributed by atoms with Gasteiger partial charge >= 0.3 is 0 Å². The minimum Gasteiger partial charge on any atom is -0.361 e. The first-order valence-corrected chi connectivity index (χ1v) is 5.18. The van der Waals surface area contributed by atoms with E-state index in [1.807, 2.05) is 6.20 Å². The molecule has 1 fully saturated rings. The molecule has 3 N–H and O–H groups in total. The van der Waals surface area contributed by atoms with Crippen molar-refractivity contribution in [3.63, 3.8) is 0 Å². The predicted octanol–water partition coefficient (Wildman–Crippen LogP) is 3.00. The number of benzene rings is 1. The van der Waals surface area contributed by atoms with Gasteiger partial charge in [0, 0.05) is 23.1 Å². The van der Waals surface area contributed by atoms with Gasteiger partial charge in [-0.3, -0.25) is 0 Å². The van der Waals surface area contributed by atoms with Crippen molar-refractivity contribution >= 4 is 23.3 Å². The van der Waals surface area contributed by atoms with Crippen molar-refractivity contribution < 1.29 is 0 Å². The molecule has 1 heterocycles. The van der Waals surface area contributed by atoms with E-state index in [1.54, 1.807) is 0 Å². The van der Waals surface area contributed by atoms with Gasteiger partial charge in [0.1, 0.15) is 0 Å². The number of aromatic amines is 1. The van der Waals surface area contributed by atoms with E-state index in [-0.39, 0.29) is 18.4 Å². The van der Waals surface area contributed by atoms with E-state index >= 15 is 0 Å². The minimum atomic E-state index is 0. The van der Waals surface area contributed by atoms with Crippen LogP contribution >= 0.6 is 12.4 Å². The molecule has 0 bridgehead atoms. The van der Waals surface area contributed by atoms with Gasteiger partial charge in [-0.2, -0.15) is 0 Å². The van der Waals surface area contributed by atoms with Crippen LogP contribution in [0.2, 0.25) is 0 Å². The van der Waals surface area contributed by atoms with Crippen LogP contribution in [0.15, 0.2) is 30.5 Å². The zero-order valence-electron chi connectivity index (χ0n) is 8.44. The molecule has 2 nitrogen and oxygen atoms in total. The number of hydrogen-bond acceptors (Lipinski definition) is 1. The Morgan fingerprint density at radius 3 is 2.80 bits per heavy atom. The first-order chi connectivity index (χ1) is 6.86. The number of fused-ring (bicyclic) bond motifs is 1. The lowest BCUT2D eigenvalue weighted by Crippen LogP contribution is -2.12. The summed E-state index contributed by atoms with van der Waals surface area (Å²) in [5, 5.41) is 1.28. The van der Waals surface area contributed by atoms with E-state index in [4.69, 9.17) is 5.73 Å². The van der Waals surface area contributed by atoms with Crippen molar-refractivity contribution in [3.05, 3.63) is 36.0 Å². The van der Waals surface area contributed by atoms with Gasteiger partial charge in [0.2, 0.25) is 0 Å². The maximum Gasteiger partial charge on any atom is 0.0457 e. The molecule has 3 rings (SSSR count). The minimum absolute atomic E-state index is 0. The average Bonchev–Trinajstić information content (AvgIpc) is 2.94. The highest BCUT2D eigenvalue weighted by Gasteiger charge is 2.30. The molecule has 15 heavy (non-hydrogen) atoms. The van der Waals surface area contributed by atoms with Crippen molar-refractivity contribution in [2.75, 3.05) is 0 Å². The zero-order valence-corrected chi connectivity index (χ0v) is 9.26. The van der Waals surface area contributed by atoms with Crippen LogP contribution in [0.5, 0.6) is 0 Å². The second-order valence-electron chi connectivity index (χ2n) is 4.15. The summed E-state index contributed by atoms with van der Waals surface area (Å²) in [6, 6.07) is 8.68. The smallest absolute Gasteiger partial charge is 0.0457 e. The van der Waals surface area contributed by atoms with E-state index in [0.29, 0.717) is 0 Å². The van der Waals surface area contributed by atoms with E-state index < -0.39 is 0 Å². The highest BCUT2D eigenvalue weighted by Crippen LogP contribution is 2.41. The largest absolute Gasteiger partial charge is 0.361 e. The van der Waals surface area contributed by atoms with E-state index in [2.05, 4.69) is 29.2 Å². The molecule has 3 heteroatoms. The second kappa shape index (κ2) is 3.87. The molecule has 0 unspecified atom stereocenters. The summed E-state index contributed by atoms with van der Waals surface area (Å²) in [7, 11) is 0. The highest BCUT2D eigenvalue weighted by molar-refractivity contribution is 5.85. The average molecular weight is 223 g/mol. The van der Waals surface area contributed by atoms with Crippen molar-refractivity contribution in [2.45, 2.75) is 18.9 Å². The molecule has 1 aromatic heterocycles. The number of nitrogens with one attached hydrogen (secondary N) is 1. The van der Waals surface area contributed by atoms with Gasteiger partial charge in [-0.25, -0.2) is 0 Å². The molecule has 0 amide bonds. The Labute approximate surface area is 95.3 Å². The number of nitrogens with two attached hydrogens (primary N) is 1. The fourth-order valence-corrected chi connectivity index (χ4v) is 2.11. The summed E-state index contributed by atoms with van der Waals surface area (Å²) in [6.07, 6.45) is 4.57. The molecule has 0 radical (unpaired) electrons. The Morgan fingerprint density at radius 1 is 1.27 bits per heavy atom. The lowest BCUT2D eigenvalue weighted by atomic mass is 10.00. The summed E-state index contributed by atoms with van der Waals surface area (Å²) in [6.45, 7) is 0. The normalized spacial score (nSPS) is 17.4. The zero-order chi connectivity index (χ0) is 9.54. The molecule has 2 aromatic rings. The van der Waals surface area contributed by atoms with E-state index in [1.165, 1.54) is 29.3 Å². The number of aromatic nitrogens is 1. The first kappa shape index (κ1) is 10.5. The van der Waals surface area contributed by atoms with Gasteiger partial charge in [-0.15, -0.1) is 12.4 Å². The van der Waals surface area contributed by atoms with Crippen molar-refractivity contribution in [2.24, 2.45) is 11.7 Å². The molecule has 0 aliphatic heterocycles. The van der Waals surface area contributed by atoms with Crippen LogP contribution in [0.1, 0.15) is 24.4 Å². The SMILES string of the molecule is Cl.N[C@@H](c1cccc2[nH]ccc12)C1CC1. The third-order valence-corrected chi connectivity index (χ3v) is 3.12. The monoisotopic (exact) mass is 222 g/mol. The summed E-state index contributed by atoms with van der Waals surface area (Å²) in [4.78, 5) is 3.22. The van der Waals surface area contributed by atoms with Crippen molar-refractivity contribution in [3.8, 4) is 0 Å². The number of rotatable bonds is 2. The highest BCUT2D eigenvalue weighted by atomic mass is 35.5. The molecular weight excluding hydrogens is 208 g/mol. The van der Waals surface area contributed by atoms with E-state index in [0.717, 1.165) is 5.92 Å². The maximum atomic E-state index is 6.21. The number of H-pyrrole nitrogens is 1. The molecular formula is C12H15ClN2. The van der Waals surface area contributed by atoms with Gasteiger partial charge in [-0.05, 0) is 36.5 Å². The molecule has 80 valence electrons. The quantitative estimate of drug-likeness (QED) is 0.806. The second-order valence-corrected chi connectivity index (χ2v) is 4.15. The van der Waals surface area contributed by atoms with Crippen LogP contribution in [0.3, 0.4) is 0 Å². The van der Waals surface area contributed by atoms with Gasteiger partial charge < -0.3 is 10.7 Å². The fraction of sp³-hybridized carbons (Fsp3) is 0.333. The van der Waals surface area contributed by atoms with Gasteiger partial charge in [0.15, 0.2) is 0 Å². The lowest BCUT2D eigenvalue weighted by Gasteiger charge is -2.11. The van der Waals surface area contributed by atoms with E-state index in [9.17, 15) is 0 Å². The summed E-state index contributed by atoms with van der Waals surface area (Å²) in [5.41, 5.74) is 8.70. The van der Waals surface area contributed by atoms with Crippen LogP contribution < -0.4 is 5.73 Å². The Hall–Kier alpha value is -0.990. The molecule has 1 atom stereocenters. The molecule has 1 aliphatic rings. The predicted molar refractivity (Wildman–Crippen MR) is 65.2 cm³/mol. The Bertz CT molecular complexity index is 459. The van der Waals surface area contributed by atoms with Gasteiger partial charge in [0.25, 0.3) is 0 Å². The summed E-state index contributed by atoms with van der Waals surface area (Å²) in [5.74, 6) is 0.718. The summed E-state index contributed by atoms with van der Waals surface area (Å²) >= 11 is 0. The van der Waals surface area contributed by atoms with Crippen LogP contribution in [0.25, 0.3) is 10.9 Å². The van der Waals surface area contributed by atoms with Gasteiger partial charge in [-0.1, -0.05) is 12.1 Å². The topological polar surface area (TPSA) is 41.8 Å². The molecule has 1 aromatic carbocycles. The standard InChI is InChI=1S/C12H14N2.ClH/c13-12(8-4-5-8)10-2-1-3-11-9(10)6-7-14-11;/h1-3,6-8,12,14H,4-5,13H2;1H/t12-;/m1./s1. The Balaban J connectivity index is 0.000000853. The molecule has 1 saturated carbocycles. The van der Waals surface area contributed by atoms with Gasteiger partial charge in [0.05, 0.1) is 0 Å². The first-order valence-electron chi connectivity index (χ1n) is 5.18. The van der Waals surface area contributed by atoms with Crippen LogP contribution in [0, 0.1) is 5.92 Å². The molecule has 0 saturated heterocycles. The molecule has 0 spiro atoms. The molecule has 1 aliphatic carbocycles.